The fourth-order valence-electron chi connectivity index (χ4n) is 2.00. The summed E-state index contributed by atoms with van der Waals surface area (Å²) in [5.74, 6) is 1.07. The molecule has 1 amide bonds. The van der Waals surface area contributed by atoms with Gasteiger partial charge < -0.3 is 10.1 Å². The van der Waals surface area contributed by atoms with Gasteiger partial charge in [-0.3, -0.25) is 4.79 Å². The third-order valence-electron chi connectivity index (χ3n) is 2.89. The third-order valence-corrected chi connectivity index (χ3v) is 3.21. The second-order valence-electron chi connectivity index (χ2n) is 3.93. The first-order valence-electron chi connectivity index (χ1n) is 5.31. The lowest BCUT2D eigenvalue weighted by molar-refractivity contribution is -0.122. The summed E-state index contributed by atoms with van der Waals surface area (Å²) in [4.78, 5) is 11.3. The highest BCUT2D eigenvalue weighted by Gasteiger charge is 2.21. The summed E-state index contributed by atoms with van der Waals surface area (Å²) in [5, 5.41) is 3.43. The fraction of sp³-hybridized carbons (Fsp3) is 0.417. The molecule has 0 aromatic heterocycles. The summed E-state index contributed by atoms with van der Waals surface area (Å²) < 4.78 is 5.17. The summed E-state index contributed by atoms with van der Waals surface area (Å²) in [6.45, 7) is 0.744. The Balaban J connectivity index is 2.22. The van der Waals surface area contributed by atoms with Crippen LogP contribution in [0.25, 0.3) is 0 Å². The number of methoxy groups -OCH3 is 1. The lowest BCUT2D eigenvalue weighted by Gasteiger charge is -2.22. The maximum absolute atomic E-state index is 11.3. The Kier molecular flexibility index (Phi) is 3.34. The molecule has 1 atom stereocenters. The van der Waals surface area contributed by atoms with E-state index in [-0.39, 0.29) is 11.8 Å². The third kappa shape index (κ3) is 2.30. The minimum absolute atomic E-state index is 0.116. The van der Waals surface area contributed by atoms with Crippen molar-refractivity contribution < 1.29 is 9.53 Å². The molecule has 1 aliphatic rings. The normalized spacial score (nSPS) is 20.4. The molecule has 1 heterocycles. The van der Waals surface area contributed by atoms with E-state index < -0.39 is 0 Å². The molecule has 1 aliphatic heterocycles. The van der Waals surface area contributed by atoms with Crippen LogP contribution in [0, 0.1) is 0 Å². The molecule has 0 spiro atoms. The van der Waals surface area contributed by atoms with Gasteiger partial charge in [-0.05, 0) is 30.0 Å². The first-order chi connectivity index (χ1) is 7.70. The van der Waals surface area contributed by atoms with Crippen molar-refractivity contribution in [3.05, 3.63) is 28.8 Å². The molecule has 86 valence electrons. The summed E-state index contributed by atoms with van der Waals surface area (Å²) in [6.07, 6.45) is 1.52. The van der Waals surface area contributed by atoms with E-state index in [1.807, 2.05) is 18.2 Å². The molecule has 1 unspecified atom stereocenters. The van der Waals surface area contributed by atoms with Crippen LogP contribution < -0.4 is 10.1 Å². The lowest BCUT2D eigenvalue weighted by Crippen LogP contribution is -2.32. The van der Waals surface area contributed by atoms with Gasteiger partial charge in [0, 0.05) is 13.0 Å². The van der Waals surface area contributed by atoms with Gasteiger partial charge in [0.05, 0.1) is 12.1 Å². The number of hydrogen-bond acceptors (Lipinski definition) is 2. The number of benzene rings is 1. The van der Waals surface area contributed by atoms with E-state index in [1.165, 1.54) is 0 Å². The molecule has 4 heteroatoms. The van der Waals surface area contributed by atoms with Crippen LogP contribution in [-0.2, 0) is 4.79 Å². The second-order valence-corrected chi connectivity index (χ2v) is 4.34. The number of nitrogens with one attached hydrogen (secondary N) is 1. The van der Waals surface area contributed by atoms with Crippen molar-refractivity contribution >= 4 is 17.5 Å². The molecule has 0 saturated carbocycles. The minimum atomic E-state index is 0.116. The van der Waals surface area contributed by atoms with Crippen LogP contribution in [0.3, 0.4) is 0 Å². The van der Waals surface area contributed by atoms with Crippen molar-refractivity contribution in [3.63, 3.8) is 0 Å². The molecule has 1 fully saturated rings. The van der Waals surface area contributed by atoms with E-state index in [0.717, 1.165) is 18.5 Å². The molecule has 1 saturated heterocycles. The largest absolute Gasteiger partial charge is 0.495 e. The summed E-state index contributed by atoms with van der Waals surface area (Å²) >= 11 is 5.96. The van der Waals surface area contributed by atoms with E-state index in [1.54, 1.807) is 7.11 Å². The second kappa shape index (κ2) is 4.74. The molecular formula is C12H14ClNO2. The maximum Gasteiger partial charge on any atom is 0.220 e. The van der Waals surface area contributed by atoms with Gasteiger partial charge in [0.1, 0.15) is 5.75 Å². The molecule has 0 radical (unpaired) electrons. The number of carbonyl (C=O) groups is 1. The van der Waals surface area contributed by atoms with E-state index in [9.17, 15) is 4.79 Å². The quantitative estimate of drug-likeness (QED) is 0.860. The molecule has 16 heavy (non-hydrogen) atoms. The van der Waals surface area contributed by atoms with Gasteiger partial charge in [-0.1, -0.05) is 17.7 Å². The van der Waals surface area contributed by atoms with Gasteiger partial charge in [-0.15, -0.1) is 0 Å². The van der Waals surface area contributed by atoms with E-state index in [2.05, 4.69) is 5.32 Å². The van der Waals surface area contributed by atoms with Crippen molar-refractivity contribution in [1.29, 1.82) is 0 Å². The predicted octanol–water partition coefficient (Wildman–Crippen LogP) is 2.34. The Morgan fingerprint density at radius 1 is 1.50 bits per heavy atom. The van der Waals surface area contributed by atoms with Crippen molar-refractivity contribution in [2.45, 2.75) is 18.8 Å². The van der Waals surface area contributed by atoms with E-state index in [4.69, 9.17) is 16.3 Å². The summed E-state index contributed by atoms with van der Waals surface area (Å²) in [6, 6.07) is 5.71. The van der Waals surface area contributed by atoms with Crippen LogP contribution in [0.15, 0.2) is 18.2 Å². The predicted molar refractivity (Wildman–Crippen MR) is 63.0 cm³/mol. The molecule has 2 rings (SSSR count). The van der Waals surface area contributed by atoms with Crippen LogP contribution in [0.4, 0.5) is 0 Å². The zero-order chi connectivity index (χ0) is 11.5. The number of rotatable bonds is 2. The van der Waals surface area contributed by atoms with E-state index >= 15 is 0 Å². The standard InChI is InChI=1S/C12H14ClNO2/c1-16-11-6-8(2-3-10(11)13)9-4-5-14-12(15)7-9/h2-3,6,9H,4-5,7H2,1H3,(H,14,15). The Morgan fingerprint density at radius 2 is 2.31 bits per heavy atom. The fourth-order valence-corrected chi connectivity index (χ4v) is 2.19. The molecule has 1 N–H and O–H groups in total. The first kappa shape index (κ1) is 11.3. The Labute approximate surface area is 99.7 Å². The number of piperidine rings is 1. The zero-order valence-electron chi connectivity index (χ0n) is 9.13. The van der Waals surface area contributed by atoms with Gasteiger partial charge >= 0.3 is 0 Å². The number of halogens is 1. The highest BCUT2D eigenvalue weighted by atomic mass is 35.5. The van der Waals surface area contributed by atoms with Gasteiger partial charge in [0.2, 0.25) is 5.91 Å². The molecule has 1 aromatic carbocycles. The van der Waals surface area contributed by atoms with Crippen molar-refractivity contribution in [2.24, 2.45) is 0 Å². The van der Waals surface area contributed by atoms with Crippen LogP contribution in [-0.4, -0.2) is 19.6 Å². The smallest absolute Gasteiger partial charge is 0.220 e. The summed E-state index contributed by atoms with van der Waals surface area (Å²) in [5.41, 5.74) is 1.12. The van der Waals surface area contributed by atoms with Crippen molar-refractivity contribution in [2.75, 3.05) is 13.7 Å². The Morgan fingerprint density at radius 3 is 3.00 bits per heavy atom. The average Bonchev–Trinajstić information content (AvgIpc) is 2.29. The maximum atomic E-state index is 11.3. The average molecular weight is 240 g/mol. The molecule has 3 nitrogen and oxygen atoms in total. The van der Waals surface area contributed by atoms with E-state index in [0.29, 0.717) is 17.2 Å². The SMILES string of the molecule is COc1cc(C2CCNC(=O)C2)ccc1Cl. The van der Waals surface area contributed by atoms with Gasteiger partial charge in [0.25, 0.3) is 0 Å². The monoisotopic (exact) mass is 239 g/mol. The van der Waals surface area contributed by atoms with Crippen molar-refractivity contribution in [3.8, 4) is 5.75 Å². The zero-order valence-corrected chi connectivity index (χ0v) is 9.88. The number of hydrogen-bond donors (Lipinski definition) is 1. The number of ether oxygens (including phenoxy) is 1. The van der Waals surface area contributed by atoms with Crippen molar-refractivity contribution in [1.82, 2.24) is 5.32 Å². The number of amides is 1. The van der Waals surface area contributed by atoms with Crippen LogP contribution in [0.5, 0.6) is 5.75 Å². The molecule has 0 bridgehead atoms. The van der Waals surface area contributed by atoms with Gasteiger partial charge in [-0.2, -0.15) is 0 Å². The topological polar surface area (TPSA) is 38.3 Å². The first-order valence-corrected chi connectivity index (χ1v) is 5.68. The molecule has 0 aliphatic carbocycles. The van der Waals surface area contributed by atoms with Gasteiger partial charge in [-0.25, -0.2) is 0 Å². The van der Waals surface area contributed by atoms with Crippen LogP contribution >= 0.6 is 11.6 Å². The van der Waals surface area contributed by atoms with Crippen LogP contribution in [0.1, 0.15) is 24.3 Å². The highest BCUT2D eigenvalue weighted by Crippen LogP contribution is 2.32. The summed E-state index contributed by atoms with van der Waals surface area (Å²) in [7, 11) is 1.60. The Bertz CT molecular complexity index is 406. The Hall–Kier alpha value is -1.22. The number of carbonyl (C=O) groups excluding carboxylic acids is 1. The lowest BCUT2D eigenvalue weighted by atomic mass is 9.90. The minimum Gasteiger partial charge on any atom is -0.495 e. The highest BCUT2D eigenvalue weighted by molar-refractivity contribution is 6.32. The molecular weight excluding hydrogens is 226 g/mol. The molecule has 1 aromatic rings. The van der Waals surface area contributed by atoms with Crippen LogP contribution in [0.2, 0.25) is 5.02 Å². The van der Waals surface area contributed by atoms with Gasteiger partial charge in [0.15, 0.2) is 0 Å².